The Morgan fingerprint density at radius 3 is 2.56 bits per heavy atom. The first-order valence-electron chi connectivity index (χ1n) is 7.68. The van der Waals surface area contributed by atoms with E-state index in [4.69, 9.17) is 0 Å². The lowest BCUT2D eigenvalue weighted by atomic mass is 9.98. The number of halogens is 3. The van der Waals surface area contributed by atoms with Gasteiger partial charge in [0.2, 0.25) is 11.5 Å². The maximum Gasteiger partial charge on any atom is 0.424 e. The van der Waals surface area contributed by atoms with Gasteiger partial charge in [0.15, 0.2) is 0 Å². The SMILES string of the molecule is COC(=O)CC(NC(=O)CC(O)(c1nc(C)cs1)C(F)(F)F)c1cccs1. The van der Waals surface area contributed by atoms with Gasteiger partial charge < -0.3 is 15.2 Å². The quantitative estimate of drug-likeness (QED) is 0.670. The molecule has 2 rings (SSSR count). The Labute approximate surface area is 161 Å². The van der Waals surface area contributed by atoms with Crippen molar-refractivity contribution in [3.8, 4) is 0 Å². The van der Waals surface area contributed by atoms with Gasteiger partial charge in [0.05, 0.1) is 26.0 Å². The number of carbonyl (C=O) groups is 2. The number of thiazole rings is 1. The van der Waals surface area contributed by atoms with Crippen LogP contribution in [0, 0.1) is 6.92 Å². The molecule has 148 valence electrons. The zero-order chi connectivity index (χ0) is 20.2. The number of alkyl halides is 3. The summed E-state index contributed by atoms with van der Waals surface area (Å²) >= 11 is 1.85. The van der Waals surface area contributed by atoms with E-state index in [1.807, 2.05) is 0 Å². The molecule has 2 atom stereocenters. The Morgan fingerprint density at radius 1 is 1.37 bits per heavy atom. The number of thiophene rings is 1. The Morgan fingerprint density at radius 2 is 2.07 bits per heavy atom. The first kappa shape index (κ1) is 21.3. The van der Waals surface area contributed by atoms with Gasteiger partial charge in [0, 0.05) is 16.0 Å². The Balaban J connectivity index is 2.22. The van der Waals surface area contributed by atoms with Crippen molar-refractivity contribution < 1.29 is 32.6 Å². The predicted octanol–water partition coefficient (Wildman–Crippen LogP) is 3.07. The average molecular weight is 422 g/mol. The molecule has 0 bridgehead atoms. The normalized spacial score (nSPS) is 15.0. The van der Waals surface area contributed by atoms with Crippen molar-refractivity contribution >= 4 is 34.6 Å². The van der Waals surface area contributed by atoms with E-state index in [0.29, 0.717) is 21.9 Å². The Hall–Kier alpha value is -1.98. The second-order valence-corrected chi connectivity index (χ2v) is 7.58. The lowest BCUT2D eigenvalue weighted by molar-refractivity contribution is -0.267. The van der Waals surface area contributed by atoms with Crippen LogP contribution in [0.1, 0.15) is 34.5 Å². The van der Waals surface area contributed by atoms with Crippen LogP contribution >= 0.6 is 22.7 Å². The molecule has 2 aromatic heterocycles. The van der Waals surface area contributed by atoms with Crippen LogP contribution in [-0.2, 0) is 19.9 Å². The minimum Gasteiger partial charge on any atom is -0.469 e. The summed E-state index contributed by atoms with van der Waals surface area (Å²) in [5.41, 5.74) is -3.11. The highest BCUT2D eigenvalue weighted by Gasteiger charge is 2.58. The van der Waals surface area contributed by atoms with Crippen LogP contribution in [0.4, 0.5) is 13.2 Å². The lowest BCUT2D eigenvalue weighted by Gasteiger charge is -2.28. The van der Waals surface area contributed by atoms with Gasteiger partial charge in [0.25, 0.3) is 0 Å². The summed E-state index contributed by atoms with van der Waals surface area (Å²) in [6.07, 6.45) is -6.62. The highest BCUT2D eigenvalue weighted by Crippen LogP contribution is 2.43. The van der Waals surface area contributed by atoms with Crippen molar-refractivity contribution in [1.29, 1.82) is 0 Å². The molecular formula is C16H17F3N2O4S2. The molecule has 0 fully saturated rings. The molecule has 1 amide bonds. The molecule has 6 nitrogen and oxygen atoms in total. The molecule has 2 N–H and O–H groups in total. The van der Waals surface area contributed by atoms with Gasteiger partial charge in [-0.3, -0.25) is 9.59 Å². The standard InChI is InChI=1S/C16H17F3N2O4S2/c1-9-8-27-14(20-9)15(24,16(17,18)19)7-12(22)21-10(6-13(23)25-2)11-4-3-5-26-11/h3-5,8,10,24H,6-7H2,1-2H3,(H,21,22). The summed E-state index contributed by atoms with van der Waals surface area (Å²) in [6, 6.07) is 2.46. The Kier molecular flexibility index (Phi) is 6.60. The van der Waals surface area contributed by atoms with Crippen LogP contribution in [0.5, 0.6) is 0 Å². The molecule has 2 aromatic rings. The van der Waals surface area contributed by atoms with E-state index in [0.717, 1.165) is 0 Å². The van der Waals surface area contributed by atoms with E-state index in [9.17, 15) is 27.9 Å². The number of aliphatic hydroxyl groups is 1. The predicted molar refractivity (Wildman–Crippen MR) is 93.3 cm³/mol. The van der Waals surface area contributed by atoms with Crippen LogP contribution in [0.2, 0.25) is 0 Å². The molecule has 0 spiro atoms. The zero-order valence-corrected chi connectivity index (χ0v) is 16.0. The number of hydrogen-bond acceptors (Lipinski definition) is 7. The van der Waals surface area contributed by atoms with E-state index in [1.54, 1.807) is 17.5 Å². The fourth-order valence-corrected chi connectivity index (χ4v) is 3.97. The Bertz CT molecular complexity index is 792. The summed E-state index contributed by atoms with van der Waals surface area (Å²) < 4.78 is 45.1. The van der Waals surface area contributed by atoms with Crippen LogP contribution in [-0.4, -0.2) is 35.3 Å². The fraction of sp³-hybridized carbons (Fsp3) is 0.438. The van der Waals surface area contributed by atoms with Crippen molar-refractivity contribution in [2.24, 2.45) is 0 Å². The number of ether oxygens (including phenoxy) is 1. The molecule has 0 saturated carbocycles. The number of nitrogens with zero attached hydrogens (tertiary/aromatic N) is 1. The molecule has 11 heteroatoms. The van der Waals surface area contributed by atoms with Gasteiger partial charge in [-0.2, -0.15) is 13.2 Å². The number of esters is 1. The van der Waals surface area contributed by atoms with Crippen LogP contribution in [0.3, 0.4) is 0 Å². The fourth-order valence-electron chi connectivity index (χ4n) is 2.28. The largest absolute Gasteiger partial charge is 0.469 e. The molecular weight excluding hydrogens is 405 g/mol. The third-order valence-corrected chi connectivity index (χ3v) is 5.78. The van der Waals surface area contributed by atoms with E-state index < -0.39 is 41.1 Å². The van der Waals surface area contributed by atoms with E-state index in [2.05, 4.69) is 15.0 Å². The van der Waals surface area contributed by atoms with Crippen molar-refractivity contribution in [3.63, 3.8) is 0 Å². The van der Waals surface area contributed by atoms with Crippen LogP contribution in [0.25, 0.3) is 0 Å². The molecule has 0 radical (unpaired) electrons. The van der Waals surface area contributed by atoms with Crippen molar-refractivity contribution in [2.75, 3.05) is 7.11 Å². The third-order valence-electron chi connectivity index (χ3n) is 3.68. The van der Waals surface area contributed by atoms with Gasteiger partial charge in [-0.15, -0.1) is 22.7 Å². The van der Waals surface area contributed by atoms with Gasteiger partial charge >= 0.3 is 12.1 Å². The maximum atomic E-state index is 13.5. The lowest BCUT2D eigenvalue weighted by Crippen LogP contribution is -2.46. The number of amides is 1. The highest BCUT2D eigenvalue weighted by atomic mass is 32.1. The smallest absolute Gasteiger partial charge is 0.424 e. The number of aromatic nitrogens is 1. The number of hydrogen-bond donors (Lipinski definition) is 2. The summed E-state index contributed by atoms with van der Waals surface area (Å²) in [7, 11) is 1.17. The van der Waals surface area contributed by atoms with E-state index in [-0.39, 0.29) is 6.42 Å². The topological polar surface area (TPSA) is 88.5 Å². The first-order valence-corrected chi connectivity index (χ1v) is 9.44. The van der Waals surface area contributed by atoms with Gasteiger partial charge in [-0.1, -0.05) is 6.07 Å². The first-order chi connectivity index (χ1) is 12.6. The van der Waals surface area contributed by atoms with E-state index in [1.165, 1.54) is 30.8 Å². The summed E-state index contributed by atoms with van der Waals surface area (Å²) in [5, 5.41) is 15.1. The molecule has 27 heavy (non-hydrogen) atoms. The molecule has 2 unspecified atom stereocenters. The number of nitrogens with one attached hydrogen (secondary N) is 1. The molecule has 2 heterocycles. The number of rotatable bonds is 7. The van der Waals surface area contributed by atoms with Gasteiger partial charge in [-0.05, 0) is 18.4 Å². The third kappa shape index (κ3) is 5.05. The maximum absolute atomic E-state index is 13.5. The molecule has 0 aromatic carbocycles. The molecule has 0 saturated heterocycles. The van der Waals surface area contributed by atoms with Crippen molar-refractivity contribution in [3.05, 3.63) is 38.5 Å². The van der Waals surface area contributed by atoms with Gasteiger partial charge in [-0.25, -0.2) is 4.98 Å². The molecule has 0 aliphatic heterocycles. The second-order valence-electron chi connectivity index (χ2n) is 5.74. The zero-order valence-electron chi connectivity index (χ0n) is 14.4. The molecule has 0 aliphatic carbocycles. The number of carbonyl (C=O) groups excluding carboxylic acids is 2. The summed E-state index contributed by atoms with van der Waals surface area (Å²) in [4.78, 5) is 28.1. The number of methoxy groups -OCH3 is 1. The minimum atomic E-state index is -5.10. The van der Waals surface area contributed by atoms with E-state index >= 15 is 0 Å². The van der Waals surface area contributed by atoms with Crippen LogP contribution < -0.4 is 5.32 Å². The number of aryl methyl sites for hydroxylation is 1. The van der Waals surface area contributed by atoms with Crippen molar-refractivity contribution in [2.45, 2.75) is 37.6 Å². The molecule has 0 aliphatic rings. The monoisotopic (exact) mass is 422 g/mol. The summed E-state index contributed by atoms with van der Waals surface area (Å²) in [5.74, 6) is -1.69. The van der Waals surface area contributed by atoms with Gasteiger partial charge in [0.1, 0.15) is 5.01 Å². The average Bonchev–Trinajstić information content (AvgIpc) is 3.24. The van der Waals surface area contributed by atoms with Crippen LogP contribution in [0.15, 0.2) is 22.9 Å². The minimum absolute atomic E-state index is 0.246. The second kappa shape index (κ2) is 8.36. The van der Waals surface area contributed by atoms with Crippen molar-refractivity contribution in [1.82, 2.24) is 10.3 Å². The highest BCUT2D eigenvalue weighted by molar-refractivity contribution is 7.10. The summed E-state index contributed by atoms with van der Waals surface area (Å²) in [6.45, 7) is 1.49.